The summed E-state index contributed by atoms with van der Waals surface area (Å²) >= 11 is 0. The van der Waals surface area contributed by atoms with Crippen LogP contribution >= 0.6 is 0 Å². The highest BCUT2D eigenvalue weighted by Gasteiger charge is 2.14. The molecule has 1 heterocycles. The van der Waals surface area contributed by atoms with Crippen LogP contribution < -0.4 is 0 Å². The van der Waals surface area contributed by atoms with Crippen molar-refractivity contribution in [2.75, 3.05) is 0 Å². The molecule has 15 heavy (non-hydrogen) atoms. The highest BCUT2D eigenvalue weighted by atomic mass is 19.1. The summed E-state index contributed by atoms with van der Waals surface area (Å²) in [7, 11) is 0. The minimum absolute atomic E-state index is 0.0358. The lowest BCUT2D eigenvalue weighted by atomic mass is 10.0. The minimum atomic E-state index is -0.155. The van der Waals surface area contributed by atoms with E-state index < -0.39 is 0 Å². The fourth-order valence-electron chi connectivity index (χ4n) is 1.79. The van der Waals surface area contributed by atoms with Crippen molar-refractivity contribution in [2.24, 2.45) is 0 Å². The molecule has 78 valence electrons. The Bertz CT molecular complexity index is 423. The standard InChI is InChI=1S/C12H13FN2/c1-2-12(15-8-7-14-9-15)10-5-3-4-6-11(10)13/h3-9,12H,2H2,1H3. The minimum Gasteiger partial charge on any atom is -0.330 e. The van der Waals surface area contributed by atoms with Gasteiger partial charge in [-0.05, 0) is 12.5 Å². The first-order valence-corrected chi connectivity index (χ1v) is 5.04. The molecule has 2 nitrogen and oxygen atoms in total. The van der Waals surface area contributed by atoms with Gasteiger partial charge >= 0.3 is 0 Å². The maximum Gasteiger partial charge on any atom is 0.128 e. The van der Waals surface area contributed by atoms with Crippen LogP contribution in [0.5, 0.6) is 0 Å². The van der Waals surface area contributed by atoms with Gasteiger partial charge in [-0.1, -0.05) is 25.1 Å². The largest absolute Gasteiger partial charge is 0.330 e. The van der Waals surface area contributed by atoms with Gasteiger partial charge in [-0.25, -0.2) is 9.37 Å². The second-order valence-electron chi connectivity index (χ2n) is 3.46. The van der Waals surface area contributed by atoms with E-state index in [0.717, 1.165) is 12.0 Å². The number of rotatable bonds is 3. The van der Waals surface area contributed by atoms with E-state index in [1.165, 1.54) is 6.07 Å². The SMILES string of the molecule is CCC(c1ccccc1F)n1ccnc1. The van der Waals surface area contributed by atoms with Gasteiger partial charge in [-0.3, -0.25) is 0 Å². The van der Waals surface area contributed by atoms with Crippen molar-refractivity contribution >= 4 is 0 Å². The average Bonchev–Trinajstić information content (AvgIpc) is 2.75. The predicted molar refractivity (Wildman–Crippen MR) is 57.1 cm³/mol. The van der Waals surface area contributed by atoms with Crippen molar-refractivity contribution in [1.29, 1.82) is 0 Å². The number of hydrogen-bond donors (Lipinski definition) is 0. The second kappa shape index (κ2) is 4.26. The summed E-state index contributed by atoms with van der Waals surface area (Å²) in [5.41, 5.74) is 0.720. The van der Waals surface area contributed by atoms with Crippen LogP contribution in [0.2, 0.25) is 0 Å². The molecule has 0 N–H and O–H groups in total. The second-order valence-corrected chi connectivity index (χ2v) is 3.46. The lowest BCUT2D eigenvalue weighted by molar-refractivity contribution is 0.519. The zero-order valence-electron chi connectivity index (χ0n) is 8.60. The molecule has 2 aromatic rings. The average molecular weight is 204 g/mol. The molecule has 1 aromatic heterocycles. The highest BCUT2D eigenvalue weighted by molar-refractivity contribution is 5.22. The molecule has 0 spiro atoms. The van der Waals surface area contributed by atoms with Crippen molar-refractivity contribution in [3.8, 4) is 0 Å². The third-order valence-electron chi connectivity index (χ3n) is 2.54. The molecule has 0 aliphatic rings. The summed E-state index contributed by atoms with van der Waals surface area (Å²) in [6.45, 7) is 2.04. The van der Waals surface area contributed by atoms with Crippen molar-refractivity contribution in [3.05, 3.63) is 54.4 Å². The van der Waals surface area contributed by atoms with E-state index in [2.05, 4.69) is 4.98 Å². The molecule has 1 aromatic carbocycles. The van der Waals surface area contributed by atoms with Gasteiger partial charge in [-0.15, -0.1) is 0 Å². The Morgan fingerprint density at radius 2 is 2.20 bits per heavy atom. The van der Waals surface area contributed by atoms with E-state index in [1.807, 2.05) is 29.8 Å². The van der Waals surface area contributed by atoms with E-state index in [0.29, 0.717) is 0 Å². The Kier molecular flexibility index (Phi) is 2.81. The maximum atomic E-state index is 13.6. The predicted octanol–water partition coefficient (Wildman–Crippen LogP) is 3.02. The Labute approximate surface area is 88.4 Å². The van der Waals surface area contributed by atoms with Gasteiger partial charge in [0.15, 0.2) is 0 Å². The van der Waals surface area contributed by atoms with Gasteiger partial charge in [0.05, 0.1) is 12.4 Å². The summed E-state index contributed by atoms with van der Waals surface area (Å²) < 4.78 is 15.5. The molecule has 1 unspecified atom stereocenters. The molecule has 3 heteroatoms. The van der Waals surface area contributed by atoms with Gasteiger partial charge < -0.3 is 4.57 Å². The number of benzene rings is 1. The Morgan fingerprint density at radius 1 is 1.40 bits per heavy atom. The fourth-order valence-corrected chi connectivity index (χ4v) is 1.79. The zero-order valence-corrected chi connectivity index (χ0v) is 8.60. The number of hydrogen-bond acceptors (Lipinski definition) is 1. The summed E-state index contributed by atoms with van der Waals surface area (Å²) in [6, 6.07) is 6.92. The number of halogens is 1. The molecule has 0 bridgehead atoms. The first-order valence-electron chi connectivity index (χ1n) is 5.04. The topological polar surface area (TPSA) is 17.8 Å². The van der Waals surface area contributed by atoms with E-state index >= 15 is 0 Å². The van der Waals surface area contributed by atoms with Crippen LogP contribution in [0.1, 0.15) is 24.9 Å². The summed E-state index contributed by atoms with van der Waals surface area (Å²) in [4.78, 5) is 3.99. The first kappa shape index (κ1) is 9.90. The molecular formula is C12H13FN2. The van der Waals surface area contributed by atoms with Crippen LogP contribution in [-0.2, 0) is 0 Å². The number of imidazole rings is 1. The van der Waals surface area contributed by atoms with Crippen LogP contribution in [0.25, 0.3) is 0 Å². The molecule has 0 saturated carbocycles. The van der Waals surface area contributed by atoms with Gasteiger partial charge in [0.2, 0.25) is 0 Å². The van der Waals surface area contributed by atoms with Crippen LogP contribution in [0.15, 0.2) is 43.0 Å². The van der Waals surface area contributed by atoms with Crippen molar-refractivity contribution in [2.45, 2.75) is 19.4 Å². The van der Waals surface area contributed by atoms with Gasteiger partial charge in [0.1, 0.15) is 5.82 Å². The normalized spacial score (nSPS) is 12.7. The molecule has 0 aliphatic heterocycles. The monoisotopic (exact) mass is 204 g/mol. The lowest BCUT2D eigenvalue weighted by Gasteiger charge is -2.17. The Balaban J connectivity index is 2.40. The Hall–Kier alpha value is -1.64. The van der Waals surface area contributed by atoms with Crippen LogP contribution in [0.3, 0.4) is 0 Å². The van der Waals surface area contributed by atoms with E-state index in [-0.39, 0.29) is 11.9 Å². The Morgan fingerprint density at radius 3 is 2.80 bits per heavy atom. The van der Waals surface area contributed by atoms with Crippen LogP contribution in [0.4, 0.5) is 4.39 Å². The van der Waals surface area contributed by atoms with Crippen LogP contribution in [0, 0.1) is 5.82 Å². The summed E-state index contributed by atoms with van der Waals surface area (Å²) in [6.07, 6.45) is 6.14. The van der Waals surface area contributed by atoms with Crippen LogP contribution in [-0.4, -0.2) is 9.55 Å². The smallest absolute Gasteiger partial charge is 0.128 e. The van der Waals surface area contributed by atoms with Crippen molar-refractivity contribution in [3.63, 3.8) is 0 Å². The lowest BCUT2D eigenvalue weighted by Crippen LogP contribution is -2.09. The van der Waals surface area contributed by atoms with Gasteiger partial charge in [0, 0.05) is 18.0 Å². The molecule has 0 amide bonds. The highest BCUT2D eigenvalue weighted by Crippen LogP contribution is 2.23. The zero-order chi connectivity index (χ0) is 10.7. The van der Waals surface area contributed by atoms with E-state index in [4.69, 9.17) is 0 Å². The molecule has 0 radical (unpaired) electrons. The molecule has 0 fully saturated rings. The summed E-state index contributed by atoms with van der Waals surface area (Å²) in [5.74, 6) is -0.155. The van der Waals surface area contributed by atoms with Gasteiger partial charge in [-0.2, -0.15) is 0 Å². The quantitative estimate of drug-likeness (QED) is 0.751. The fraction of sp³-hybridized carbons (Fsp3) is 0.250. The molecule has 0 aliphatic carbocycles. The first-order chi connectivity index (χ1) is 7.33. The molecule has 2 rings (SSSR count). The maximum absolute atomic E-state index is 13.6. The van der Waals surface area contributed by atoms with Gasteiger partial charge in [0.25, 0.3) is 0 Å². The third kappa shape index (κ3) is 1.91. The summed E-state index contributed by atoms with van der Waals surface area (Å²) in [5, 5.41) is 0. The van der Waals surface area contributed by atoms with E-state index in [9.17, 15) is 4.39 Å². The number of aromatic nitrogens is 2. The van der Waals surface area contributed by atoms with Crippen molar-refractivity contribution < 1.29 is 4.39 Å². The molecule has 1 atom stereocenters. The molecular weight excluding hydrogens is 191 g/mol. The molecule has 0 saturated heterocycles. The third-order valence-corrected chi connectivity index (χ3v) is 2.54. The van der Waals surface area contributed by atoms with E-state index in [1.54, 1.807) is 18.6 Å². The number of nitrogens with zero attached hydrogens (tertiary/aromatic N) is 2. The van der Waals surface area contributed by atoms with Crippen molar-refractivity contribution in [1.82, 2.24) is 9.55 Å².